The fourth-order valence-corrected chi connectivity index (χ4v) is 3.34. The van der Waals surface area contributed by atoms with Gasteiger partial charge in [-0.2, -0.15) is 0 Å². The Morgan fingerprint density at radius 2 is 1.86 bits per heavy atom. The summed E-state index contributed by atoms with van der Waals surface area (Å²) >= 11 is 0. The zero-order chi connectivity index (χ0) is 19.8. The highest BCUT2D eigenvalue weighted by Crippen LogP contribution is 2.35. The summed E-state index contributed by atoms with van der Waals surface area (Å²) in [6.45, 7) is -0.409. The highest BCUT2D eigenvalue weighted by molar-refractivity contribution is 5.87. The van der Waals surface area contributed by atoms with E-state index in [9.17, 15) is 15.3 Å². The molecule has 0 aliphatic carbocycles. The smallest absolute Gasteiger partial charge is 0.166 e. The summed E-state index contributed by atoms with van der Waals surface area (Å²) in [4.78, 5) is 13.0. The van der Waals surface area contributed by atoms with E-state index in [1.807, 2.05) is 6.07 Å². The number of aromatic nitrogens is 4. The van der Waals surface area contributed by atoms with Gasteiger partial charge in [0.05, 0.1) is 27.2 Å². The van der Waals surface area contributed by atoms with Gasteiger partial charge in [-0.05, 0) is 18.2 Å². The molecule has 1 aliphatic heterocycles. The first kappa shape index (κ1) is 18.6. The van der Waals surface area contributed by atoms with Gasteiger partial charge in [0.25, 0.3) is 0 Å². The molecule has 2 aromatic heterocycles. The predicted octanol–water partition coefficient (Wildman–Crippen LogP) is 0.122. The number of imidazole rings is 1. The van der Waals surface area contributed by atoms with Gasteiger partial charge in [-0.3, -0.25) is 4.57 Å². The molecule has 4 atom stereocenters. The molecule has 3 N–H and O–H groups in total. The van der Waals surface area contributed by atoms with Gasteiger partial charge in [-0.15, -0.1) is 0 Å². The van der Waals surface area contributed by atoms with E-state index in [0.29, 0.717) is 28.4 Å². The molecule has 0 bridgehead atoms. The van der Waals surface area contributed by atoms with Crippen LogP contribution in [0.3, 0.4) is 0 Å². The van der Waals surface area contributed by atoms with Crippen LogP contribution in [0.2, 0.25) is 0 Å². The average molecular weight is 388 g/mol. The molecule has 1 fully saturated rings. The van der Waals surface area contributed by atoms with Crippen molar-refractivity contribution >= 4 is 11.2 Å². The summed E-state index contributed by atoms with van der Waals surface area (Å²) in [5, 5.41) is 29.6. The Balaban J connectivity index is 1.78. The molecule has 1 aromatic carbocycles. The first-order valence-corrected chi connectivity index (χ1v) is 8.61. The minimum Gasteiger partial charge on any atom is -0.493 e. The largest absolute Gasteiger partial charge is 0.493 e. The van der Waals surface area contributed by atoms with Gasteiger partial charge in [-0.25, -0.2) is 15.0 Å². The first-order valence-electron chi connectivity index (χ1n) is 8.61. The van der Waals surface area contributed by atoms with E-state index in [-0.39, 0.29) is 0 Å². The Morgan fingerprint density at radius 3 is 2.54 bits per heavy atom. The van der Waals surface area contributed by atoms with E-state index < -0.39 is 31.1 Å². The zero-order valence-corrected chi connectivity index (χ0v) is 15.3. The second kappa shape index (κ2) is 7.32. The van der Waals surface area contributed by atoms with Crippen molar-refractivity contribution in [2.24, 2.45) is 0 Å². The normalized spacial score (nSPS) is 24.6. The number of benzene rings is 1. The molecule has 0 amide bonds. The number of aliphatic hydroxyl groups is 3. The molecule has 0 unspecified atom stereocenters. The number of ether oxygens (including phenoxy) is 3. The van der Waals surface area contributed by atoms with Crippen molar-refractivity contribution in [3.63, 3.8) is 0 Å². The maximum Gasteiger partial charge on any atom is 0.166 e. The highest BCUT2D eigenvalue weighted by Gasteiger charge is 2.44. The number of fused-ring (bicyclic) bond motifs is 1. The van der Waals surface area contributed by atoms with Crippen LogP contribution in [0.15, 0.2) is 30.9 Å². The Labute approximate surface area is 160 Å². The lowest BCUT2D eigenvalue weighted by atomic mass is 10.1. The van der Waals surface area contributed by atoms with E-state index in [4.69, 9.17) is 14.2 Å². The molecule has 4 rings (SSSR count). The molecule has 1 aliphatic rings. The van der Waals surface area contributed by atoms with Crippen molar-refractivity contribution in [3.8, 4) is 22.8 Å². The fraction of sp³-hybridized carbons (Fsp3) is 0.389. The summed E-state index contributed by atoms with van der Waals surface area (Å²) in [6.07, 6.45) is -1.40. The molecule has 10 heteroatoms. The van der Waals surface area contributed by atoms with Crippen molar-refractivity contribution in [1.82, 2.24) is 19.5 Å². The van der Waals surface area contributed by atoms with Crippen molar-refractivity contribution in [1.29, 1.82) is 0 Å². The summed E-state index contributed by atoms with van der Waals surface area (Å²) < 4.78 is 17.7. The molecule has 0 saturated carbocycles. The van der Waals surface area contributed by atoms with Crippen molar-refractivity contribution in [2.75, 3.05) is 20.8 Å². The number of methoxy groups -OCH3 is 2. The summed E-state index contributed by atoms with van der Waals surface area (Å²) in [5.41, 5.74) is 2.23. The van der Waals surface area contributed by atoms with Gasteiger partial charge in [-0.1, -0.05) is 0 Å². The molecule has 0 spiro atoms. The van der Waals surface area contributed by atoms with E-state index >= 15 is 0 Å². The van der Waals surface area contributed by atoms with Gasteiger partial charge < -0.3 is 29.5 Å². The van der Waals surface area contributed by atoms with Crippen molar-refractivity contribution in [3.05, 3.63) is 30.9 Å². The summed E-state index contributed by atoms with van der Waals surface area (Å²) in [5.74, 6) is 1.14. The standard InChI is InChI=1S/C18H20N4O6/c1-26-10-4-3-9(5-11(10)27-2)13-14-17(20-7-19-13)22(8-21-14)18-16(25)15(24)12(6-23)28-18/h3-5,7-8,12,15-16,18,23-25H,6H2,1-2H3/t12-,15-,16-,18-/m1/s1. The van der Waals surface area contributed by atoms with E-state index in [1.165, 1.54) is 17.2 Å². The average Bonchev–Trinajstić information content (AvgIpc) is 3.28. The second-order valence-corrected chi connectivity index (χ2v) is 6.34. The van der Waals surface area contributed by atoms with E-state index in [0.717, 1.165) is 5.56 Å². The van der Waals surface area contributed by atoms with Gasteiger partial charge in [0, 0.05) is 5.56 Å². The minimum absolute atomic E-state index is 0.409. The maximum atomic E-state index is 10.3. The summed E-state index contributed by atoms with van der Waals surface area (Å²) in [6, 6.07) is 5.38. The van der Waals surface area contributed by atoms with Gasteiger partial charge in [0.2, 0.25) is 0 Å². The molecular formula is C18H20N4O6. The number of nitrogens with zero attached hydrogens (tertiary/aromatic N) is 4. The number of aliphatic hydroxyl groups excluding tert-OH is 3. The second-order valence-electron chi connectivity index (χ2n) is 6.34. The van der Waals surface area contributed by atoms with Gasteiger partial charge in [0.15, 0.2) is 23.4 Å². The van der Waals surface area contributed by atoms with Crippen molar-refractivity contribution < 1.29 is 29.5 Å². The third kappa shape index (κ3) is 2.87. The monoisotopic (exact) mass is 388 g/mol. The molecule has 1 saturated heterocycles. The van der Waals surface area contributed by atoms with Crippen LogP contribution < -0.4 is 9.47 Å². The van der Waals surface area contributed by atoms with E-state index in [2.05, 4.69) is 15.0 Å². The number of hydrogen-bond donors (Lipinski definition) is 3. The molecular weight excluding hydrogens is 368 g/mol. The third-order valence-corrected chi connectivity index (χ3v) is 4.81. The summed E-state index contributed by atoms with van der Waals surface area (Å²) in [7, 11) is 3.11. The fourth-order valence-electron chi connectivity index (χ4n) is 3.34. The SMILES string of the molecule is COc1ccc(-c2ncnc3c2ncn3[C@@H]2O[C@H](CO)[C@@H](O)[C@H]2O)cc1OC. The molecule has 0 radical (unpaired) electrons. The number of hydrogen-bond acceptors (Lipinski definition) is 9. The molecule has 28 heavy (non-hydrogen) atoms. The highest BCUT2D eigenvalue weighted by atomic mass is 16.6. The van der Waals surface area contributed by atoms with Crippen LogP contribution in [0.25, 0.3) is 22.4 Å². The lowest BCUT2D eigenvalue weighted by molar-refractivity contribution is -0.0511. The quantitative estimate of drug-likeness (QED) is 0.557. The van der Waals surface area contributed by atoms with Gasteiger partial charge >= 0.3 is 0 Å². The first-order chi connectivity index (χ1) is 13.6. The van der Waals surface area contributed by atoms with Crippen LogP contribution >= 0.6 is 0 Å². The third-order valence-electron chi connectivity index (χ3n) is 4.81. The Hall–Kier alpha value is -2.79. The minimum atomic E-state index is -1.23. The zero-order valence-electron chi connectivity index (χ0n) is 15.3. The topological polar surface area (TPSA) is 132 Å². The molecule has 10 nitrogen and oxygen atoms in total. The lowest BCUT2D eigenvalue weighted by Crippen LogP contribution is -2.33. The van der Waals surface area contributed by atoms with Crippen LogP contribution in [0.1, 0.15) is 6.23 Å². The Bertz CT molecular complexity index is 993. The van der Waals surface area contributed by atoms with Crippen LogP contribution in [-0.4, -0.2) is 74.0 Å². The van der Waals surface area contributed by atoms with Crippen LogP contribution in [0.5, 0.6) is 11.5 Å². The molecule has 3 aromatic rings. The van der Waals surface area contributed by atoms with Crippen LogP contribution in [-0.2, 0) is 4.74 Å². The maximum absolute atomic E-state index is 10.3. The Kier molecular flexibility index (Phi) is 4.85. The lowest BCUT2D eigenvalue weighted by Gasteiger charge is -2.16. The van der Waals surface area contributed by atoms with Crippen molar-refractivity contribution in [2.45, 2.75) is 24.5 Å². The van der Waals surface area contributed by atoms with Gasteiger partial charge in [0.1, 0.15) is 35.8 Å². The van der Waals surface area contributed by atoms with Crippen LogP contribution in [0, 0.1) is 0 Å². The molecule has 148 valence electrons. The van der Waals surface area contributed by atoms with Crippen LogP contribution in [0.4, 0.5) is 0 Å². The number of rotatable bonds is 5. The Morgan fingerprint density at radius 1 is 1.07 bits per heavy atom. The predicted molar refractivity (Wildman–Crippen MR) is 96.9 cm³/mol. The molecule has 3 heterocycles. The van der Waals surface area contributed by atoms with E-state index in [1.54, 1.807) is 26.4 Å².